The Labute approximate surface area is 103 Å². The van der Waals surface area contributed by atoms with Gasteiger partial charge < -0.3 is 14.8 Å². The molecule has 17 heavy (non-hydrogen) atoms. The van der Waals surface area contributed by atoms with Crippen LogP contribution in [-0.4, -0.2) is 13.3 Å². The first-order valence-corrected chi connectivity index (χ1v) is 6.18. The molecule has 3 heteroatoms. The van der Waals surface area contributed by atoms with Crippen LogP contribution in [0.5, 0.6) is 11.5 Å². The standard InChI is InChI=1S/C14H21NO2/c1-14(2,3)7-4-8-15-11-5-6-12-13(9-11)17-10-16-12/h5-6,9,15H,4,7-8,10H2,1-3H3. The van der Waals surface area contributed by atoms with E-state index in [1.165, 1.54) is 12.8 Å². The monoisotopic (exact) mass is 235 g/mol. The van der Waals surface area contributed by atoms with E-state index in [1.807, 2.05) is 18.2 Å². The van der Waals surface area contributed by atoms with E-state index in [9.17, 15) is 0 Å². The maximum Gasteiger partial charge on any atom is 0.231 e. The molecule has 1 aliphatic heterocycles. The number of rotatable bonds is 4. The molecule has 0 fully saturated rings. The summed E-state index contributed by atoms with van der Waals surface area (Å²) in [6, 6.07) is 5.98. The van der Waals surface area contributed by atoms with Crippen LogP contribution in [0.4, 0.5) is 5.69 Å². The van der Waals surface area contributed by atoms with Crippen molar-refractivity contribution in [2.24, 2.45) is 5.41 Å². The average molecular weight is 235 g/mol. The molecular formula is C14H21NO2. The number of hydrogen-bond donors (Lipinski definition) is 1. The molecular weight excluding hydrogens is 214 g/mol. The Morgan fingerprint density at radius 2 is 1.94 bits per heavy atom. The van der Waals surface area contributed by atoms with Gasteiger partial charge in [0.05, 0.1) is 0 Å². The lowest BCUT2D eigenvalue weighted by atomic mass is 9.91. The van der Waals surface area contributed by atoms with Crippen LogP contribution in [0.1, 0.15) is 33.6 Å². The van der Waals surface area contributed by atoms with Gasteiger partial charge in [-0.3, -0.25) is 0 Å². The topological polar surface area (TPSA) is 30.5 Å². The second-order valence-corrected chi connectivity index (χ2v) is 5.66. The zero-order valence-corrected chi connectivity index (χ0v) is 10.9. The van der Waals surface area contributed by atoms with E-state index in [0.29, 0.717) is 12.2 Å². The van der Waals surface area contributed by atoms with Crippen molar-refractivity contribution < 1.29 is 9.47 Å². The first-order valence-electron chi connectivity index (χ1n) is 6.18. The first kappa shape index (κ1) is 12.1. The lowest BCUT2D eigenvalue weighted by Gasteiger charge is -2.18. The van der Waals surface area contributed by atoms with Crippen LogP contribution in [0.2, 0.25) is 0 Å². The van der Waals surface area contributed by atoms with Crippen molar-refractivity contribution in [3.05, 3.63) is 18.2 Å². The van der Waals surface area contributed by atoms with Crippen LogP contribution in [0.3, 0.4) is 0 Å². The van der Waals surface area contributed by atoms with E-state index in [4.69, 9.17) is 9.47 Å². The molecule has 0 saturated carbocycles. The molecule has 3 nitrogen and oxygen atoms in total. The van der Waals surface area contributed by atoms with Crippen molar-refractivity contribution in [3.8, 4) is 11.5 Å². The van der Waals surface area contributed by atoms with Gasteiger partial charge in [-0.2, -0.15) is 0 Å². The van der Waals surface area contributed by atoms with E-state index in [2.05, 4.69) is 26.1 Å². The van der Waals surface area contributed by atoms with Gasteiger partial charge in [0.15, 0.2) is 11.5 Å². The highest BCUT2D eigenvalue weighted by Gasteiger charge is 2.13. The number of hydrogen-bond acceptors (Lipinski definition) is 3. The minimum absolute atomic E-state index is 0.336. The summed E-state index contributed by atoms with van der Waals surface area (Å²) in [5.74, 6) is 1.68. The molecule has 1 aromatic rings. The van der Waals surface area contributed by atoms with Gasteiger partial charge in [-0.15, -0.1) is 0 Å². The second kappa shape index (κ2) is 4.86. The predicted octanol–water partition coefficient (Wildman–Crippen LogP) is 3.65. The van der Waals surface area contributed by atoms with Gasteiger partial charge in [-0.1, -0.05) is 20.8 Å². The van der Waals surface area contributed by atoms with Crippen molar-refractivity contribution in [1.29, 1.82) is 0 Å². The summed E-state index contributed by atoms with van der Waals surface area (Å²) in [6.45, 7) is 8.15. The van der Waals surface area contributed by atoms with Crippen molar-refractivity contribution in [2.75, 3.05) is 18.7 Å². The molecule has 0 spiro atoms. The quantitative estimate of drug-likeness (QED) is 0.808. The van der Waals surface area contributed by atoms with Crippen LogP contribution < -0.4 is 14.8 Å². The Bertz CT molecular complexity index is 382. The molecule has 1 aliphatic rings. The number of benzene rings is 1. The smallest absolute Gasteiger partial charge is 0.231 e. The van der Waals surface area contributed by atoms with Crippen LogP contribution in [-0.2, 0) is 0 Å². The third-order valence-electron chi connectivity index (χ3n) is 2.81. The molecule has 0 radical (unpaired) electrons. The first-order chi connectivity index (χ1) is 8.04. The zero-order chi connectivity index (χ0) is 12.3. The molecule has 1 aromatic carbocycles. The van der Waals surface area contributed by atoms with E-state index >= 15 is 0 Å². The molecule has 0 unspecified atom stereocenters. The molecule has 1 N–H and O–H groups in total. The van der Waals surface area contributed by atoms with Crippen molar-refractivity contribution in [3.63, 3.8) is 0 Å². The summed E-state index contributed by atoms with van der Waals surface area (Å²) in [5.41, 5.74) is 1.51. The van der Waals surface area contributed by atoms with Gasteiger partial charge in [-0.05, 0) is 30.4 Å². The van der Waals surface area contributed by atoms with E-state index in [1.54, 1.807) is 0 Å². The normalized spacial score (nSPS) is 13.8. The highest BCUT2D eigenvalue weighted by Crippen LogP contribution is 2.34. The van der Waals surface area contributed by atoms with E-state index in [0.717, 1.165) is 23.7 Å². The van der Waals surface area contributed by atoms with Crippen molar-refractivity contribution in [1.82, 2.24) is 0 Å². The Morgan fingerprint density at radius 3 is 2.71 bits per heavy atom. The summed E-state index contributed by atoms with van der Waals surface area (Å²) in [5, 5.41) is 3.41. The van der Waals surface area contributed by atoms with Gasteiger partial charge >= 0.3 is 0 Å². The van der Waals surface area contributed by atoms with E-state index in [-0.39, 0.29) is 0 Å². The number of fused-ring (bicyclic) bond motifs is 1. The van der Waals surface area contributed by atoms with E-state index < -0.39 is 0 Å². The highest BCUT2D eigenvalue weighted by atomic mass is 16.7. The summed E-state index contributed by atoms with van der Waals surface area (Å²) >= 11 is 0. The molecule has 0 bridgehead atoms. The second-order valence-electron chi connectivity index (χ2n) is 5.66. The van der Waals surface area contributed by atoms with Gasteiger partial charge in [0.2, 0.25) is 6.79 Å². The molecule has 0 aromatic heterocycles. The molecule has 94 valence electrons. The fraction of sp³-hybridized carbons (Fsp3) is 0.571. The summed E-state index contributed by atoms with van der Waals surface area (Å²) < 4.78 is 10.6. The van der Waals surface area contributed by atoms with Crippen LogP contribution >= 0.6 is 0 Å². The van der Waals surface area contributed by atoms with Gasteiger partial charge in [0.25, 0.3) is 0 Å². The van der Waals surface area contributed by atoms with Crippen LogP contribution in [0.25, 0.3) is 0 Å². The number of ether oxygens (including phenoxy) is 2. The third-order valence-corrected chi connectivity index (χ3v) is 2.81. The fourth-order valence-electron chi connectivity index (χ4n) is 1.86. The van der Waals surface area contributed by atoms with Gasteiger partial charge in [-0.25, -0.2) is 0 Å². The van der Waals surface area contributed by atoms with Crippen LogP contribution in [0.15, 0.2) is 18.2 Å². The zero-order valence-electron chi connectivity index (χ0n) is 10.9. The molecule has 1 heterocycles. The fourth-order valence-corrected chi connectivity index (χ4v) is 1.86. The Balaban J connectivity index is 1.80. The Kier molecular flexibility index (Phi) is 3.46. The lowest BCUT2D eigenvalue weighted by Crippen LogP contribution is -2.09. The molecule has 0 atom stereocenters. The highest BCUT2D eigenvalue weighted by molar-refractivity contribution is 5.55. The minimum Gasteiger partial charge on any atom is -0.454 e. The lowest BCUT2D eigenvalue weighted by molar-refractivity contribution is 0.174. The number of anilines is 1. The van der Waals surface area contributed by atoms with Crippen LogP contribution in [0, 0.1) is 5.41 Å². The maximum atomic E-state index is 5.34. The molecule has 0 aliphatic carbocycles. The molecule has 2 rings (SSSR count). The van der Waals surface area contributed by atoms with Gasteiger partial charge in [0.1, 0.15) is 0 Å². The minimum atomic E-state index is 0.336. The summed E-state index contributed by atoms with van der Waals surface area (Å²) in [4.78, 5) is 0. The summed E-state index contributed by atoms with van der Waals surface area (Å²) in [7, 11) is 0. The number of nitrogens with one attached hydrogen (secondary N) is 1. The molecule has 0 amide bonds. The third kappa shape index (κ3) is 3.55. The molecule has 0 saturated heterocycles. The average Bonchev–Trinajstić information content (AvgIpc) is 2.70. The predicted molar refractivity (Wildman–Crippen MR) is 69.7 cm³/mol. The summed E-state index contributed by atoms with van der Waals surface area (Å²) in [6.07, 6.45) is 2.41. The SMILES string of the molecule is CC(C)(C)CCCNc1ccc2c(c1)OCO2. The Hall–Kier alpha value is -1.38. The maximum absolute atomic E-state index is 5.34. The Morgan fingerprint density at radius 1 is 1.18 bits per heavy atom. The largest absolute Gasteiger partial charge is 0.454 e. The van der Waals surface area contributed by atoms with Gasteiger partial charge in [0, 0.05) is 18.3 Å². The van der Waals surface area contributed by atoms with Crippen molar-refractivity contribution >= 4 is 5.69 Å². The van der Waals surface area contributed by atoms with Crippen molar-refractivity contribution in [2.45, 2.75) is 33.6 Å².